The lowest BCUT2D eigenvalue weighted by molar-refractivity contribution is 0.0334. The summed E-state index contributed by atoms with van der Waals surface area (Å²) in [7, 11) is 2.23. The van der Waals surface area contributed by atoms with Gasteiger partial charge >= 0.3 is 0 Å². The van der Waals surface area contributed by atoms with Crippen LogP contribution >= 0.6 is 0 Å². The normalized spacial score (nSPS) is 32.5. The van der Waals surface area contributed by atoms with E-state index < -0.39 is 0 Å². The molecule has 3 unspecified atom stereocenters. The summed E-state index contributed by atoms with van der Waals surface area (Å²) < 4.78 is 0. The number of nitrogens with zero attached hydrogens (tertiary/aromatic N) is 2. The molecule has 3 rings (SSSR count). The van der Waals surface area contributed by atoms with Crippen molar-refractivity contribution in [2.75, 3.05) is 20.1 Å². The Morgan fingerprint density at radius 2 is 1.84 bits per heavy atom. The summed E-state index contributed by atoms with van der Waals surface area (Å²) >= 11 is 0. The average Bonchev–Trinajstić information content (AvgIpc) is 2.78. The van der Waals surface area contributed by atoms with Crippen molar-refractivity contribution >= 4 is 0 Å². The molecule has 0 saturated carbocycles. The Labute approximate surface area is 115 Å². The first-order valence-electron chi connectivity index (χ1n) is 7.34. The highest BCUT2D eigenvalue weighted by Gasteiger charge is 2.34. The van der Waals surface area contributed by atoms with Gasteiger partial charge in [0.2, 0.25) is 0 Å². The Morgan fingerprint density at radius 1 is 1.16 bits per heavy atom. The standard InChI is InChI=1S/C16H24N2O/c1-11-9-18(10-12(2)17(11)3)16-7-4-13-8-14(19)5-6-15(13)16/h5-6,8,11-12,16,19H,4,7,9-10H2,1-3H3. The lowest BCUT2D eigenvalue weighted by Gasteiger charge is -2.45. The number of aromatic hydroxyl groups is 1. The Bertz CT molecular complexity index is 462. The number of phenols is 1. The molecular formula is C16H24N2O. The molecule has 3 atom stereocenters. The van der Waals surface area contributed by atoms with Crippen molar-refractivity contribution in [2.24, 2.45) is 0 Å². The summed E-state index contributed by atoms with van der Waals surface area (Å²) in [5, 5.41) is 9.59. The van der Waals surface area contributed by atoms with Crippen LogP contribution in [-0.2, 0) is 6.42 Å². The molecular weight excluding hydrogens is 236 g/mol. The molecule has 0 radical (unpaired) electrons. The molecule has 3 heteroatoms. The first-order valence-corrected chi connectivity index (χ1v) is 7.34. The van der Waals surface area contributed by atoms with Crippen LogP contribution in [0.25, 0.3) is 0 Å². The van der Waals surface area contributed by atoms with Gasteiger partial charge < -0.3 is 5.11 Å². The first kappa shape index (κ1) is 12.9. The topological polar surface area (TPSA) is 26.7 Å². The summed E-state index contributed by atoms with van der Waals surface area (Å²) in [6, 6.07) is 7.68. The number of likely N-dealkylation sites (N-methyl/N-ethyl adjacent to an activating group) is 1. The number of aryl methyl sites for hydroxylation is 1. The molecule has 1 aliphatic heterocycles. The first-order chi connectivity index (χ1) is 9.06. The number of rotatable bonds is 1. The minimum Gasteiger partial charge on any atom is -0.508 e. The van der Waals surface area contributed by atoms with Crippen LogP contribution in [0.15, 0.2) is 18.2 Å². The van der Waals surface area contributed by atoms with Crippen molar-refractivity contribution in [1.29, 1.82) is 0 Å². The highest BCUT2D eigenvalue weighted by molar-refractivity contribution is 5.40. The van der Waals surface area contributed by atoms with Crippen LogP contribution in [0.1, 0.15) is 37.4 Å². The monoisotopic (exact) mass is 260 g/mol. The summed E-state index contributed by atoms with van der Waals surface area (Å²) in [4.78, 5) is 5.11. The molecule has 1 N–H and O–H groups in total. The minimum absolute atomic E-state index is 0.402. The molecule has 0 bridgehead atoms. The molecule has 1 saturated heterocycles. The van der Waals surface area contributed by atoms with Crippen molar-refractivity contribution in [3.8, 4) is 5.75 Å². The van der Waals surface area contributed by atoms with Gasteiger partial charge in [-0.15, -0.1) is 0 Å². The molecule has 2 aliphatic rings. The molecule has 1 aromatic carbocycles. The van der Waals surface area contributed by atoms with E-state index in [-0.39, 0.29) is 0 Å². The number of fused-ring (bicyclic) bond motifs is 1. The maximum absolute atomic E-state index is 9.59. The fraction of sp³-hybridized carbons (Fsp3) is 0.625. The van der Waals surface area contributed by atoms with Gasteiger partial charge in [0.25, 0.3) is 0 Å². The molecule has 0 spiro atoms. The highest BCUT2D eigenvalue weighted by atomic mass is 16.3. The number of benzene rings is 1. The smallest absolute Gasteiger partial charge is 0.115 e. The molecule has 19 heavy (non-hydrogen) atoms. The molecule has 0 aromatic heterocycles. The van der Waals surface area contributed by atoms with E-state index in [2.05, 4.69) is 36.8 Å². The SMILES string of the molecule is CC1CN(C2CCc3cc(O)ccc32)CC(C)N1C. The van der Waals surface area contributed by atoms with E-state index in [0.29, 0.717) is 23.9 Å². The third-order valence-electron chi connectivity index (χ3n) is 5.00. The van der Waals surface area contributed by atoms with E-state index in [1.165, 1.54) is 17.5 Å². The maximum Gasteiger partial charge on any atom is 0.115 e. The Kier molecular flexibility index (Phi) is 3.27. The highest BCUT2D eigenvalue weighted by Crippen LogP contribution is 2.38. The van der Waals surface area contributed by atoms with Crippen LogP contribution in [0.3, 0.4) is 0 Å². The van der Waals surface area contributed by atoms with Crippen LogP contribution in [0.4, 0.5) is 0 Å². The van der Waals surface area contributed by atoms with Gasteiger partial charge in [-0.05, 0) is 57.0 Å². The van der Waals surface area contributed by atoms with Gasteiger partial charge in [0.05, 0.1) is 0 Å². The van der Waals surface area contributed by atoms with Gasteiger partial charge in [0, 0.05) is 31.2 Å². The number of piperazine rings is 1. The number of phenolic OH excluding ortho intramolecular Hbond substituents is 1. The van der Waals surface area contributed by atoms with E-state index in [1.54, 1.807) is 0 Å². The molecule has 1 aliphatic carbocycles. The van der Waals surface area contributed by atoms with Gasteiger partial charge in [0.1, 0.15) is 5.75 Å². The average molecular weight is 260 g/mol. The van der Waals surface area contributed by atoms with E-state index in [9.17, 15) is 5.11 Å². The van der Waals surface area contributed by atoms with Crippen molar-refractivity contribution < 1.29 is 5.11 Å². The predicted molar refractivity (Wildman–Crippen MR) is 77.4 cm³/mol. The van der Waals surface area contributed by atoms with Gasteiger partial charge in [-0.25, -0.2) is 0 Å². The third-order valence-corrected chi connectivity index (χ3v) is 5.00. The van der Waals surface area contributed by atoms with Crippen LogP contribution < -0.4 is 0 Å². The second-order valence-corrected chi connectivity index (χ2v) is 6.26. The van der Waals surface area contributed by atoms with E-state index >= 15 is 0 Å². The fourth-order valence-electron chi connectivity index (χ4n) is 3.66. The van der Waals surface area contributed by atoms with Crippen molar-refractivity contribution in [2.45, 2.75) is 44.8 Å². The zero-order valence-electron chi connectivity index (χ0n) is 12.1. The Balaban J connectivity index is 1.82. The molecule has 104 valence electrons. The largest absolute Gasteiger partial charge is 0.508 e. The Hall–Kier alpha value is -1.06. The fourth-order valence-corrected chi connectivity index (χ4v) is 3.66. The van der Waals surface area contributed by atoms with E-state index in [4.69, 9.17) is 0 Å². The Morgan fingerprint density at radius 3 is 2.53 bits per heavy atom. The summed E-state index contributed by atoms with van der Waals surface area (Å²) in [5.74, 6) is 0.402. The second kappa shape index (κ2) is 4.80. The van der Waals surface area contributed by atoms with Gasteiger partial charge in [-0.3, -0.25) is 9.80 Å². The van der Waals surface area contributed by atoms with Crippen molar-refractivity contribution in [1.82, 2.24) is 9.80 Å². The van der Waals surface area contributed by atoms with Crippen molar-refractivity contribution in [3.63, 3.8) is 0 Å². The predicted octanol–water partition coefficient (Wildman–Crippen LogP) is 2.40. The summed E-state index contributed by atoms with van der Waals surface area (Å²) in [5.41, 5.74) is 2.77. The van der Waals surface area contributed by atoms with Gasteiger partial charge in [-0.2, -0.15) is 0 Å². The van der Waals surface area contributed by atoms with Crippen LogP contribution in [0, 0.1) is 0 Å². The van der Waals surface area contributed by atoms with Crippen molar-refractivity contribution in [3.05, 3.63) is 29.3 Å². The zero-order valence-corrected chi connectivity index (χ0v) is 12.1. The van der Waals surface area contributed by atoms with E-state index in [0.717, 1.165) is 19.5 Å². The van der Waals surface area contributed by atoms with Crippen LogP contribution in [0.2, 0.25) is 0 Å². The zero-order chi connectivity index (χ0) is 13.6. The van der Waals surface area contributed by atoms with Gasteiger partial charge in [-0.1, -0.05) is 6.07 Å². The van der Waals surface area contributed by atoms with Crippen LogP contribution in [-0.4, -0.2) is 47.1 Å². The maximum atomic E-state index is 9.59. The molecule has 1 aromatic rings. The van der Waals surface area contributed by atoms with Crippen LogP contribution in [0.5, 0.6) is 5.75 Å². The lowest BCUT2D eigenvalue weighted by atomic mass is 10.0. The van der Waals surface area contributed by atoms with E-state index in [1.807, 2.05) is 12.1 Å². The summed E-state index contributed by atoms with van der Waals surface area (Å²) in [6.07, 6.45) is 2.30. The second-order valence-electron chi connectivity index (χ2n) is 6.26. The number of hydrogen-bond acceptors (Lipinski definition) is 3. The quantitative estimate of drug-likeness (QED) is 0.840. The molecule has 0 amide bonds. The molecule has 1 heterocycles. The molecule has 1 fully saturated rings. The lowest BCUT2D eigenvalue weighted by Crippen LogP contribution is -2.55. The van der Waals surface area contributed by atoms with Gasteiger partial charge in [0.15, 0.2) is 0 Å². The number of hydrogen-bond donors (Lipinski definition) is 1. The molecule has 3 nitrogen and oxygen atoms in total. The third kappa shape index (κ3) is 2.26. The minimum atomic E-state index is 0.402. The summed E-state index contributed by atoms with van der Waals surface area (Å²) in [6.45, 7) is 6.92.